The van der Waals surface area contributed by atoms with Crippen molar-refractivity contribution >= 4 is 12.2 Å². The first kappa shape index (κ1) is 11.7. The summed E-state index contributed by atoms with van der Waals surface area (Å²) in [5.41, 5.74) is 1.08. The lowest BCUT2D eigenvalue weighted by Crippen LogP contribution is -2.21. The number of amides is 1. The van der Waals surface area contributed by atoms with Crippen LogP contribution in [0, 0.1) is 5.92 Å². The monoisotopic (exact) mass is 231 g/mol. The van der Waals surface area contributed by atoms with Crippen LogP contribution in [-0.2, 0) is 4.74 Å². The SMILES string of the molecule is CC(C)C1CN(C=Cc2ccccc2)C(=O)O1. The first-order valence-corrected chi connectivity index (χ1v) is 5.87. The number of hydrogen-bond acceptors (Lipinski definition) is 2. The Hall–Kier alpha value is -1.77. The van der Waals surface area contributed by atoms with Crippen LogP contribution in [0.15, 0.2) is 36.5 Å². The molecule has 1 aliphatic heterocycles. The predicted molar refractivity (Wildman–Crippen MR) is 67.3 cm³/mol. The zero-order valence-electron chi connectivity index (χ0n) is 10.2. The molecule has 1 saturated heterocycles. The van der Waals surface area contributed by atoms with Crippen LogP contribution >= 0.6 is 0 Å². The van der Waals surface area contributed by atoms with Crippen LogP contribution in [0.3, 0.4) is 0 Å². The van der Waals surface area contributed by atoms with Crippen LogP contribution < -0.4 is 0 Å². The molecule has 0 spiro atoms. The minimum absolute atomic E-state index is 0.00271. The van der Waals surface area contributed by atoms with Crippen molar-refractivity contribution in [1.82, 2.24) is 4.90 Å². The summed E-state index contributed by atoms with van der Waals surface area (Å²) in [5, 5.41) is 0. The van der Waals surface area contributed by atoms with E-state index in [0.717, 1.165) is 5.56 Å². The molecule has 1 aromatic carbocycles. The Labute approximate surface area is 102 Å². The number of benzene rings is 1. The van der Waals surface area contributed by atoms with Gasteiger partial charge in [-0.25, -0.2) is 4.79 Å². The molecule has 17 heavy (non-hydrogen) atoms. The molecule has 3 nitrogen and oxygen atoms in total. The number of carbonyl (C=O) groups is 1. The van der Waals surface area contributed by atoms with Gasteiger partial charge in [0, 0.05) is 6.20 Å². The second-order valence-corrected chi connectivity index (χ2v) is 4.55. The molecule has 2 rings (SSSR count). The molecule has 1 heterocycles. The minimum atomic E-state index is -0.254. The van der Waals surface area contributed by atoms with Gasteiger partial charge >= 0.3 is 6.09 Å². The van der Waals surface area contributed by atoms with E-state index < -0.39 is 0 Å². The number of hydrogen-bond donors (Lipinski definition) is 0. The largest absolute Gasteiger partial charge is 0.444 e. The summed E-state index contributed by atoms with van der Waals surface area (Å²) in [7, 11) is 0. The fourth-order valence-electron chi connectivity index (χ4n) is 1.71. The summed E-state index contributed by atoms with van der Waals surface area (Å²) in [5.74, 6) is 0.356. The quantitative estimate of drug-likeness (QED) is 0.799. The molecular formula is C14H17NO2. The van der Waals surface area contributed by atoms with Crippen LogP contribution in [0.2, 0.25) is 0 Å². The Morgan fingerprint density at radius 1 is 1.35 bits per heavy atom. The maximum absolute atomic E-state index is 11.6. The Morgan fingerprint density at radius 3 is 2.65 bits per heavy atom. The fraction of sp³-hybridized carbons (Fsp3) is 0.357. The van der Waals surface area contributed by atoms with E-state index in [1.807, 2.05) is 36.4 Å². The molecule has 0 aromatic heterocycles. The lowest BCUT2D eigenvalue weighted by molar-refractivity contribution is 0.113. The van der Waals surface area contributed by atoms with E-state index in [1.54, 1.807) is 11.1 Å². The number of nitrogens with zero attached hydrogens (tertiary/aromatic N) is 1. The molecule has 0 bridgehead atoms. The van der Waals surface area contributed by atoms with Crippen molar-refractivity contribution in [3.8, 4) is 0 Å². The van der Waals surface area contributed by atoms with Gasteiger partial charge in [-0.3, -0.25) is 4.90 Å². The summed E-state index contributed by atoms with van der Waals surface area (Å²) in [6, 6.07) is 9.91. The van der Waals surface area contributed by atoms with Gasteiger partial charge in [-0.15, -0.1) is 0 Å². The molecule has 1 aliphatic rings. The highest BCUT2D eigenvalue weighted by Gasteiger charge is 2.31. The van der Waals surface area contributed by atoms with E-state index in [2.05, 4.69) is 13.8 Å². The maximum Gasteiger partial charge on any atom is 0.414 e. The Morgan fingerprint density at radius 2 is 2.06 bits per heavy atom. The van der Waals surface area contributed by atoms with Crippen molar-refractivity contribution in [2.75, 3.05) is 6.54 Å². The average Bonchev–Trinajstić information content (AvgIpc) is 2.70. The van der Waals surface area contributed by atoms with E-state index in [0.29, 0.717) is 12.5 Å². The zero-order valence-corrected chi connectivity index (χ0v) is 10.2. The standard InChI is InChI=1S/C14H17NO2/c1-11(2)13-10-15(14(16)17-13)9-8-12-6-4-3-5-7-12/h3-9,11,13H,10H2,1-2H3. The van der Waals surface area contributed by atoms with Gasteiger partial charge in [-0.1, -0.05) is 44.2 Å². The maximum atomic E-state index is 11.6. The van der Waals surface area contributed by atoms with Crippen molar-refractivity contribution in [3.05, 3.63) is 42.1 Å². The lowest BCUT2D eigenvalue weighted by atomic mass is 10.1. The molecule has 1 amide bonds. The molecule has 0 radical (unpaired) electrons. The number of rotatable bonds is 3. The number of carbonyl (C=O) groups excluding carboxylic acids is 1. The Balaban J connectivity index is 2.01. The van der Waals surface area contributed by atoms with Gasteiger partial charge < -0.3 is 4.74 Å². The third kappa shape index (κ3) is 2.87. The molecule has 90 valence electrons. The van der Waals surface area contributed by atoms with Gasteiger partial charge in [-0.2, -0.15) is 0 Å². The van der Waals surface area contributed by atoms with Crippen molar-refractivity contribution < 1.29 is 9.53 Å². The van der Waals surface area contributed by atoms with E-state index in [9.17, 15) is 4.79 Å². The van der Waals surface area contributed by atoms with Crippen LogP contribution in [0.1, 0.15) is 19.4 Å². The van der Waals surface area contributed by atoms with Crippen molar-refractivity contribution in [3.63, 3.8) is 0 Å². The summed E-state index contributed by atoms with van der Waals surface area (Å²) in [6.07, 6.45) is 3.46. The van der Waals surface area contributed by atoms with E-state index in [4.69, 9.17) is 4.74 Å². The molecule has 0 aliphatic carbocycles. The molecule has 0 N–H and O–H groups in total. The third-order valence-electron chi connectivity index (χ3n) is 2.85. The predicted octanol–water partition coefficient (Wildman–Crippen LogP) is 3.13. The van der Waals surface area contributed by atoms with Crippen molar-refractivity contribution in [2.45, 2.75) is 20.0 Å². The molecular weight excluding hydrogens is 214 g/mol. The van der Waals surface area contributed by atoms with E-state index in [1.165, 1.54) is 0 Å². The first-order valence-electron chi connectivity index (χ1n) is 5.87. The summed E-state index contributed by atoms with van der Waals surface area (Å²) >= 11 is 0. The Kier molecular flexibility index (Phi) is 3.47. The second kappa shape index (κ2) is 5.04. The molecule has 3 heteroatoms. The van der Waals surface area contributed by atoms with Gasteiger partial charge in [0.25, 0.3) is 0 Å². The topological polar surface area (TPSA) is 29.5 Å². The number of ether oxygens (including phenoxy) is 1. The fourth-order valence-corrected chi connectivity index (χ4v) is 1.71. The van der Waals surface area contributed by atoms with Crippen molar-refractivity contribution in [1.29, 1.82) is 0 Å². The van der Waals surface area contributed by atoms with E-state index in [-0.39, 0.29) is 12.2 Å². The van der Waals surface area contributed by atoms with Crippen LogP contribution in [0.4, 0.5) is 4.79 Å². The summed E-state index contributed by atoms with van der Waals surface area (Å²) in [4.78, 5) is 13.2. The first-order chi connectivity index (χ1) is 8.16. The van der Waals surface area contributed by atoms with Crippen LogP contribution in [0.5, 0.6) is 0 Å². The summed E-state index contributed by atoms with van der Waals surface area (Å²) < 4.78 is 5.26. The van der Waals surface area contributed by atoms with Gasteiger partial charge in [0.1, 0.15) is 6.10 Å². The highest BCUT2D eigenvalue weighted by atomic mass is 16.6. The second-order valence-electron chi connectivity index (χ2n) is 4.55. The van der Waals surface area contributed by atoms with Gasteiger partial charge in [0.2, 0.25) is 0 Å². The zero-order chi connectivity index (χ0) is 12.3. The van der Waals surface area contributed by atoms with Crippen molar-refractivity contribution in [2.24, 2.45) is 5.92 Å². The third-order valence-corrected chi connectivity index (χ3v) is 2.85. The molecule has 1 atom stereocenters. The normalized spacial score (nSPS) is 20.3. The summed E-state index contributed by atoms with van der Waals surface area (Å²) in [6.45, 7) is 4.75. The lowest BCUT2D eigenvalue weighted by Gasteiger charge is -2.10. The van der Waals surface area contributed by atoms with E-state index >= 15 is 0 Å². The minimum Gasteiger partial charge on any atom is -0.444 e. The number of cyclic esters (lactones) is 1. The average molecular weight is 231 g/mol. The van der Waals surface area contributed by atoms with Gasteiger partial charge in [0.15, 0.2) is 0 Å². The Bertz CT molecular complexity index is 411. The highest BCUT2D eigenvalue weighted by Crippen LogP contribution is 2.18. The molecule has 1 aromatic rings. The highest BCUT2D eigenvalue weighted by molar-refractivity contribution is 5.72. The van der Waals surface area contributed by atoms with Crippen LogP contribution in [-0.4, -0.2) is 23.6 Å². The molecule has 1 unspecified atom stereocenters. The smallest absolute Gasteiger partial charge is 0.414 e. The molecule has 1 fully saturated rings. The van der Waals surface area contributed by atoms with Gasteiger partial charge in [0.05, 0.1) is 6.54 Å². The van der Waals surface area contributed by atoms with Gasteiger partial charge in [-0.05, 0) is 17.6 Å². The molecule has 0 saturated carbocycles. The van der Waals surface area contributed by atoms with Crippen LogP contribution in [0.25, 0.3) is 6.08 Å².